The number of hydrogen-bond acceptors (Lipinski definition) is 6. The third kappa shape index (κ3) is 4.62. The van der Waals surface area contributed by atoms with E-state index in [0.717, 1.165) is 0 Å². The minimum absolute atomic E-state index is 0.526. The van der Waals surface area contributed by atoms with Gasteiger partial charge in [0.25, 0.3) is 5.91 Å². The number of nitrogens with zero attached hydrogens (tertiary/aromatic N) is 2. The van der Waals surface area contributed by atoms with E-state index in [1.54, 1.807) is 0 Å². The van der Waals surface area contributed by atoms with Crippen LogP contribution in [0.4, 0.5) is 5.69 Å². The highest BCUT2D eigenvalue weighted by molar-refractivity contribution is 6.06. The van der Waals surface area contributed by atoms with Crippen molar-refractivity contribution in [2.45, 2.75) is 38.3 Å². The lowest BCUT2D eigenvalue weighted by Gasteiger charge is -2.29. The first-order valence-corrected chi connectivity index (χ1v) is 8.86. The maximum absolute atomic E-state index is 13.9. The minimum Gasteiger partial charge on any atom is -0.381 e. The molecule has 3 amide bonds. The number of anilines is 1. The lowest BCUT2D eigenvalue weighted by atomic mass is 10.0. The zero-order valence-electron chi connectivity index (χ0n) is 42.0. The molecule has 2 saturated heterocycles. The van der Waals surface area contributed by atoms with Crippen molar-refractivity contribution in [1.29, 1.82) is 0 Å². The second-order valence-corrected chi connectivity index (χ2v) is 6.11. The van der Waals surface area contributed by atoms with Crippen molar-refractivity contribution in [3.8, 4) is 0 Å². The topological polar surface area (TPSA) is 91.0 Å². The summed E-state index contributed by atoms with van der Waals surface area (Å²) in [6, 6.07) is -14.3. The predicted molar refractivity (Wildman–Crippen MR) is 122 cm³/mol. The van der Waals surface area contributed by atoms with E-state index in [1.165, 1.54) is 5.32 Å². The van der Waals surface area contributed by atoms with E-state index >= 15 is 0 Å². The number of carbonyl (C=O) groups excluding carboxylic acids is 3. The van der Waals surface area contributed by atoms with E-state index in [-0.39, 0.29) is 0 Å². The standard InChI is InChI=1S/C25H28N4O4/c30-23-9-8-22(24(31)27-23)29-16-20-19(25(29)32)2-1-3-21(20)26-14-17-4-6-18(7-5-17)15-28-10-12-33-13-11-28/h1-7,22,26H,8-16H2,(H,27,30,31)/t22-/m0/s1/i1D,2D,3D,4D,5D,6D,7D,8D2,9D2,10D2,11D2,12D2,13D2,14D2,15D2,16D2,22D. The molecule has 0 aromatic heterocycles. The fourth-order valence-electron chi connectivity index (χ4n) is 2.64. The van der Waals surface area contributed by atoms with E-state index < -0.39 is 162 Å². The van der Waals surface area contributed by atoms with Crippen LogP contribution >= 0.6 is 0 Å². The maximum atomic E-state index is 13.9. The van der Waals surface area contributed by atoms with Crippen molar-refractivity contribution < 1.29 is 54.8 Å². The quantitative estimate of drug-likeness (QED) is 0.622. The first-order chi connectivity index (χ1) is 26.1. The van der Waals surface area contributed by atoms with Gasteiger partial charge in [0.05, 0.1) is 35.1 Å². The van der Waals surface area contributed by atoms with E-state index in [1.807, 2.05) is 5.32 Å². The van der Waals surface area contributed by atoms with Gasteiger partial charge in [0.1, 0.15) is 6.02 Å². The molecule has 0 spiro atoms. The third-order valence-corrected chi connectivity index (χ3v) is 4.05. The molecular weight excluding hydrogens is 420 g/mol. The number of hydrogen-bond donors (Lipinski definition) is 2. The Morgan fingerprint density at radius 1 is 1.15 bits per heavy atom. The van der Waals surface area contributed by atoms with Crippen LogP contribution in [0.1, 0.15) is 75.4 Å². The molecule has 3 heterocycles. The highest BCUT2D eigenvalue weighted by atomic mass is 16.5. The average Bonchev–Trinajstić information content (AvgIpc) is 3.26. The second kappa shape index (κ2) is 9.33. The van der Waals surface area contributed by atoms with Crippen molar-refractivity contribution in [3.63, 3.8) is 0 Å². The molecule has 3 aliphatic heterocycles. The number of fused-ring (bicyclic) bond motifs is 1. The highest BCUT2D eigenvalue weighted by Crippen LogP contribution is 2.32. The van der Waals surface area contributed by atoms with Gasteiger partial charge in [0, 0.05) is 69.4 Å². The number of imide groups is 1. The zero-order chi connectivity index (χ0) is 45.9. The molecule has 1 atom stereocenters. The predicted octanol–water partition coefficient (Wildman–Crippen LogP) is 1.89. The normalized spacial score (nSPS) is 46.4. The van der Waals surface area contributed by atoms with Gasteiger partial charge in [0.15, 0.2) is 0 Å². The summed E-state index contributed by atoms with van der Waals surface area (Å²) < 4.78 is 222. The Morgan fingerprint density at radius 3 is 2.70 bits per heavy atom. The van der Waals surface area contributed by atoms with E-state index in [9.17, 15) is 14.4 Å². The summed E-state index contributed by atoms with van der Waals surface area (Å²) in [5.41, 5.74) is -7.00. The van der Waals surface area contributed by atoms with Gasteiger partial charge in [-0.25, -0.2) is 0 Å². The SMILES string of the molecule is [2H]c1c([2H])c(NC([2H])([2H])c2c([2H])c([2H])c(C([2H])([2H])N3C([2H])([2H])C([2H])([2H])OC([2H])([2H])C3([2H])[2H])c([2H])c2[2H])c2c(c1[2H])C(=O)N([C@]1([2H])C(=O)NC(=O)C([2H])([2H])C1([2H])[2H])C2([2H])[2H]. The number of benzene rings is 2. The molecule has 2 N–H and O–H groups in total. The van der Waals surface area contributed by atoms with Gasteiger partial charge in [-0.05, 0) is 29.6 Å². The first kappa shape index (κ1) is 6.90. The van der Waals surface area contributed by atoms with Crippen LogP contribution in [-0.4, -0.2) is 59.7 Å². The Bertz CT molecular complexity index is 2190. The molecule has 2 fully saturated rings. The van der Waals surface area contributed by atoms with Crippen molar-refractivity contribution in [2.75, 3.05) is 31.4 Å². The summed E-state index contributed by atoms with van der Waals surface area (Å²) >= 11 is 0. The fourth-order valence-corrected chi connectivity index (χ4v) is 2.64. The summed E-state index contributed by atoms with van der Waals surface area (Å²) in [6.45, 7) is -27.3. The van der Waals surface area contributed by atoms with Gasteiger partial charge >= 0.3 is 0 Å². The minimum atomic E-state index is -4.09. The molecule has 5 rings (SSSR count). The molecule has 0 aliphatic carbocycles. The van der Waals surface area contributed by atoms with Crippen LogP contribution in [0, 0.1) is 0 Å². The lowest BCUT2D eigenvalue weighted by Crippen LogP contribution is -2.52. The Labute approximate surface area is 229 Å². The number of morpholine rings is 1. The van der Waals surface area contributed by atoms with Gasteiger partial charge in [-0.3, -0.25) is 24.6 Å². The van der Waals surface area contributed by atoms with Crippen LogP contribution in [-0.2, 0) is 33.8 Å². The van der Waals surface area contributed by atoms with Gasteiger partial charge < -0.3 is 15.0 Å². The lowest BCUT2D eigenvalue weighted by molar-refractivity contribution is -0.136. The number of amides is 3. The molecule has 0 saturated carbocycles. The molecule has 3 aliphatic rings. The van der Waals surface area contributed by atoms with Crippen molar-refractivity contribution >= 4 is 23.4 Å². The molecule has 172 valence electrons. The summed E-state index contributed by atoms with van der Waals surface area (Å²) in [5, 5.41) is 3.17. The molecule has 2 aromatic rings. The van der Waals surface area contributed by atoms with Gasteiger partial charge in [0.2, 0.25) is 11.8 Å². The molecule has 2 aromatic carbocycles. The van der Waals surface area contributed by atoms with Gasteiger partial charge in [-0.1, -0.05) is 30.2 Å². The smallest absolute Gasteiger partial charge is 0.255 e. The number of ether oxygens (including phenoxy) is 1. The van der Waals surface area contributed by atoms with Crippen molar-refractivity contribution in [3.05, 3.63) is 64.6 Å². The largest absolute Gasteiger partial charge is 0.381 e. The van der Waals surface area contributed by atoms with E-state index in [4.69, 9.17) is 35.6 Å². The third-order valence-electron chi connectivity index (χ3n) is 4.05. The second-order valence-electron chi connectivity index (χ2n) is 6.11. The van der Waals surface area contributed by atoms with E-state index in [2.05, 4.69) is 4.74 Å². The summed E-state index contributed by atoms with van der Waals surface area (Å²) in [6.07, 6.45) is -7.91. The monoisotopic (exact) mass is 474 g/mol. The van der Waals surface area contributed by atoms with Gasteiger partial charge in [-0.2, -0.15) is 0 Å². The molecule has 33 heavy (non-hydrogen) atoms. The number of nitrogens with one attached hydrogen (secondary N) is 2. The summed E-state index contributed by atoms with van der Waals surface area (Å²) in [5.74, 6) is -5.95. The van der Waals surface area contributed by atoms with Crippen LogP contribution in [0.25, 0.3) is 0 Å². The molecule has 8 heteroatoms. The Balaban J connectivity index is 1.73. The van der Waals surface area contributed by atoms with E-state index in [0.29, 0.717) is 0 Å². The molecule has 0 unspecified atom stereocenters. The first-order valence-electron chi connectivity index (χ1n) is 21.9. The molecule has 0 radical (unpaired) electrons. The van der Waals surface area contributed by atoms with Crippen molar-refractivity contribution in [1.82, 2.24) is 15.1 Å². The van der Waals surface area contributed by atoms with Crippen LogP contribution in [0.3, 0.4) is 0 Å². The van der Waals surface area contributed by atoms with Crippen LogP contribution < -0.4 is 10.6 Å². The fraction of sp³-hybridized carbons (Fsp3) is 0.400. The molecular formula is C25H28N4O4. The highest BCUT2D eigenvalue weighted by Gasteiger charge is 2.39. The Kier molecular flexibility index (Phi) is 1.95. The molecule has 0 bridgehead atoms. The molecule has 8 nitrogen and oxygen atoms in total. The Hall–Kier alpha value is -3.23. The summed E-state index contributed by atoms with van der Waals surface area (Å²) in [4.78, 5) is 38.1. The summed E-state index contributed by atoms with van der Waals surface area (Å²) in [7, 11) is 0. The van der Waals surface area contributed by atoms with Crippen molar-refractivity contribution in [2.24, 2.45) is 0 Å². The Morgan fingerprint density at radius 2 is 1.91 bits per heavy atom. The van der Waals surface area contributed by atoms with Gasteiger partial charge in [-0.15, -0.1) is 0 Å². The maximum Gasteiger partial charge on any atom is 0.255 e. The average molecular weight is 475 g/mol. The van der Waals surface area contributed by atoms with Crippen LogP contribution in [0.2, 0.25) is 0 Å². The van der Waals surface area contributed by atoms with Crippen LogP contribution in [0.15, 0.2) is 42.3 Å². The van der Waals surface area contributed by atoms with Crippen LogP contribution in [0.5, 0.6) is 0 Å². The number of piperidine rings is 1. The number of rotatable bonds is 6. The zero-order valence-corrected chi connectivity index (χ0v) is 16.0. The number of carbonyl (C=O) groups is 3.